The molecule has 1 aromatic rings. The molecule has 0 aliphatic rings. The van der Waals surface area contributed by atoms with E-state index in [-0.39, 0.29) is 0 Å². The lowest BCUT2D eigenvalue weighted by Crippen LogP contribution is -2.19. The van der Waals surface area contributed by atoms with Crippen LogP contribution in [0, 0.1) is 0 Å². The second-order valence-electron chi connectivity index (χ2n) is 4.21. The monoisotopic (exact) mass is 299 g/mol. The fraction of sp³-hybridized carbons (Fsp3) is 0.571. The molecular weight excluding hydrogens is 278 g/mol. The molecule has 0 heterocycles. The Balaban J connectivity index is 2.67. The van der Waals surface area contributed by atoms with Gasteiger partial charge in [0.25, 0.3) is 0 Å². The van der Waals surface area contributed by atoms with Gasteiger partial charge in [-0.15, -0.1) is 0 Å². The molecule has 0 aromatic heterocycles. The highest BCUT2D eigenvalue weighted by atomic mass is 79.9. The van der Waals surface area contributed by atoms with Crippen molar-refractivity contribution in [3.8, 4) is 5.75 Å². The molecule has 0 aliphatic heterocycles. The van der Waals surface area contributed by atoms with Gasteiger partial charge in [0.2, 0.25) is 0 Å². The summed E-state index contributed by atoms with van der Waals surface area (Å²) in [6.07, 6.45) is 2.19. The molecule has 1 atom stereocenters. The van der Waals surface area contributed by atoms with Crippen molar-refractivity contribution < 1.29 is 4.74 Å². The second kappa shape index (κ2) is 7.72. The average molecular weight is 300 g/mol. The molecule has 96 valence electrons. The highest BCUT2D eigenvalue weighted by Crippen LogP contribution is 2.28. The van der Waals surface area contributed by atoms with Crippen LogP contribution in [0.3, 0.4) is 0 Å². The number of ether oxygens (including phenoxy) is 1. The van der Waals surface area contributed by atoms with Crippen LogP contribution < -0.4 is 10.1 Å². The molecule has 0 amide bonds. The second-order valence-corrected chi connectivity index (χ2v) is 5.07. The van der Waals surface area contributed by atoms with E-state index in [0.29, 0.717) is 6.04 Å². The van der Waals surface area contributed by atoms with Gasteiger partial charge in [-0.3, -0.25) is 0 Å². The summed E-state index contributed by atoms with van der Waals surface area (Å²) in [7, 11) is 0. The fourth-order valence-electron chi connectivity index (χ4n) is 1.59. The summed E-state index contributed by atoms with van der Waals surface area (Å²) in [5.74, 6) is 0.929. The molecule has 1 unspecified atom stereocenters. The zero-order chi connectivity index (χ0) is 12.7. The van der Waals surface area contributed by atoms with E-state index >= 15 is 0 Å². The Bertz CT molecular complexity index is 341. The lowest BCUT2D eigenvalue weighted by Gasteiger charge is -2.15. The van der Waals surface area contributed by atoms with Crippen molar-refractivity contribution >= 4 is 15.9 Å². The maximum atomic E-state index is 5.63. The zero-order valence-electron chi connectivity index (χ0n) is 10.9. The molecule has 0 fully saturated rings. The largest absolute Gasteiger partial charge is 0.492 e. The minimum absolute atomic E-state index is 0.381. The predicted molar refractivity (Wildman–Crippen MR) is 76.6 cm³/mol. The van der Waals surface area contributed by atoms with Crippen molar-refractivity contribution in [2.24, 2.45) is 0 Å². The summed E-state index contributed by atoms with van der Waals surface area (Å²) in [6, 6.07) is 6.69. The normalized spacial score (nSPS) is 12.5. The molecule has 3 heteroatoms. The smallest absolute Gasteiger partial charge is 0.133 e. The van der Waals surface area contributed by atoms with Crippen LogP contribution in [0.1, 0.15) is 45.2 Å². The lowest BCUT2D eigenvalue weighted by atomic mass is 10.1. The molecule has 17 heavy (non-hydrogen) atoms. The Hall–Kier alpha value is -0.540. The molecule has 1 N–H and O–H groups in total. The van der Waals surface area contributed by atoms with Crippen molar-refractivity contribution in [3.63, 3.8) is 0 Å². The standard InChI is InChI=1S/C14H22BrNO/c1-4-8-16-11(3)12-6-7-14(13(15)10-12)17-9-5-2/h6-7,10-11,16H,4-5,8-9H2,1-3H3. The summed E-state index contributed by atoms with van der Waals surface area (Å²) in [5.41, 5.74) is 1.29. The first kappa shape index (κ1) is 14.5. The summed E-state index contributed by atoms with van der Waals surface area (Å²) >= 11 is 3.56. The maximum Gasteiger partial charge on any atom is 0.133 e. The maximum absolute atomic E-state index is 5.63. The van der Waals surface area contributed by atoms with Crippen LogP contribution in [0.25, 0.3) is 0 Å². The number of halogens is 1. The van der Waals surface area contributed by atoms with Crippen LogP contribution in [0.4, 0.5) is 0 Å². The van der Waals surface area contributed by atoms with Gasteiger partial charge in [-0.1, -0.05) is 19.9 Å². The Labute approximate surface area is 113 Å². The van der Waals surface area contributed by atoms with Crippen LogP contribution >= 0.6 is 15.9 Å². The third kappa shape index (κ3) is 4.68. The molecule has 0 bridgehead atoms. The minimum atomic E-state index is 0.381. The van der Waals surface area contributed by atoms with Gasteiger partial charge in [0.05, 0.1) is 11.1 Å². The van der Waals surface area contributed by atoms with E-state index in [9.17, 15) is 0 Å². The first-order valence-electron chi connectivity index (χ1n) is 6.34. The van der Waals surface area contributed by atoms with Crippen LogP contribution in [0.15, 0.2) is 22.7 Å². The number of benzene rings is 1. The quantitative estimate of drug-likeness (QED) is 0.810. The van der Waals surface area contributed by atoms with E-state index < -0.39 is 0 Å². The number of hydrogen-bond donors (Lipinski definition) is 1. The Morgan fingerprint density at radius 2 is 2.06 bits per heavy atom. The van der Waals surface area contributed by atoms with Gasteiger partial charge in [-0.05, 0) is 59.9 Å². The molecule has 0 radical (unpaired) electrons. The van der Waals surface area contributed by atoms with Gasteiger partial charge >= 0.3 is 0 Å². The number of hydrogen-bond acceptors (Lipinski definition) is 2. The molecule has 0 aliphatic carbocycles. The van der Waals surface area contributed by atoms with E-state index in [1.807, 2.05) is 6.07 Å². The van der Waals surface area contributed by atoms with E-state index in [2.05, 4.69) is 54.2 Å². The SMILES string of the molecule is CCCNC(C)c1ccc(OCCC)c(Br)c1. The third-order valence-electron chi connectivity index (χ3n) is 2.62. The summed E-state index contributed by atoms with van der Waals surface area (Å²) in [5, 5.41) is 3.48. The van der Waals surface area contributed by atoms with Crippen molar-refractivity contribution in [1.29, 1.82) is 0 Å². The fourth-order valence-corrected chi connectivity index (χ4v) is 2.11. The summed E-state index contributed by atoms with van der Waals surface area (Å²) in [6.45, 7) is 8.29. The van der Waals surface area contributed by atoms with Crippen LogP contribution in [0.2, 0.25) is 0 Å². The molecule has 1 aromatic carbocycles. The van der Waals surface area contributed by atoms with Crippen LogP contribution in [-0.2, 0) is 0 Å². The molecule has 0 saturated heterocycles. The molecular formula is C14H22BrNO. The van der Waals surface area contributed by atoms with Gasteiger partial charge in [0, 0.05) is 6.04 Å². The Morgan fingerprint density at radius 1 is 1.29 bits per heavy atom. The zero-order valence-corrected chi connectivity index (χ0v) is 12.5. The van der Waals surface area contributed by atoms with Crippen molar-refractivity contribution in [3.05, 3.63) is 28.2 Å². The van der Waals surface area contributed by atoms with Crippen molar-refractivity contribution in [2.75, 3.05) is 13.2 Å². The number of nitrogens with one attached hydrogen (secondary N) is 1. The van der Waals surface area contributed by atoms with E-state index in [1.165, 1.54) is 5.56 Å². The molecule has 0 saturated carbocycles. The molecule has 2 nitrogen and oxygen atoms in total. The van der Waals surface area contributed by atoms with Gasteiger partial charge in [-0.2, -0.15) is 0 Å². The average Bonchev–Trinajstić information content (AvgIpc) is 2.34. The van der Waals surface area contributed by atoms with Gasteiger partial charge in [0.1, 0.15) is 5.75 Å². The van der Waals surface area contributed by atoms with Gasteiger partial charge in [-0.25, -0.2) is 0 Å². The van der Waals surface area contributed by atoms with Crippen LogP contribution in [-0.4, -0.2) is 13.2 Å². The Kier molecular flexibility index (Phi) is 6.60. The number of rotatable bonds is 7. The topological polar surface area (TPSA) is 21.3 Å². The van der Waals surface area contributed by atoms with E-state index in [0.717, 1.165) is 36.2 Å². The molecule has 0 spiro atoms. The third-order valence-corrected chi connectivity index (χ3v) is 3.24. The van der Waals surface area contributed by atoms with Gasteiger partial charge < -0.3 is 10.1 Å². The van der Waals surface area contributed by atoms with Gasteiger partial charge in [0.15, 0.2) is 0 Å². The highest BCUT2D eigenvalue weighted by Gasteiger charge is 2.07. The summed E-state index contributed by atoms with van der Waals surface area (Å²) in [4.78, 5) is 0. The predicted octanol–water partition coefficient (Wildman–Crippen LogP) is 4.30. The lowest BCUT2D eigenvalue weighted by molar-refractivity contribution is 0.315. The van der Waals surface area contributed by atoms with E-state index in [1.54, 1.807) is 0 Å². The first-order valence-corrected chi connectivity index (χ1v) is 7.14. The molecule has 1 rings (SSSR count). The minimum Gasteiger partial charge on any atom is -0.492 e. The first-order chi connectivity index (χ1) is 8.19. The Morgan fingerprint density at radius 3 is 2.65 bits per heavy atom. The van der Waals surface area contributed by atoms with Crippen LogP contribution in [0.5, 0.6) is 5.75 Å². The van der Waals surface area contributed by atoms with E-state index in [4.69, 9.17) is 4.74 Å². The summed E-state index contributed by atoms with van der Waals surface area (Å²) < 4.78 is 6.67. The van der Waals surface area contributed by atoms with Crippen molar-refractivity contribution in [2.45, 2.75) is 39.7 Å². The van der Waals surface area contributed by atoms with Crippen molar-refractivity contribution in [1.82, 2.24) is 5.32 Å². The highest BCUT2D eigenvalue weighted by molar-refractivity contribution is 9.10.